The van der Waals surface area contributed by atoms with Crippen LogP contribution in [0, 0.1) is 0 Å². The smallest absolute Gasteiger partial charge is 0.114 e. The maximum absolute atomic E-state index is 0. The summed E-state index contributed by atoms with van der Waals surface area (Å²) in [6, 6.07) is 0. The molecule has 0 saturated carbocycles. The molecule has 8 heavy (non-hydrogen) atoms. The molecule has 0 amide bonds. The lowest BCUT2D eigenvalue weighted by atomic mass is 16.0. The summed E-state index contributed by atoms with van der Waals surface area (Å²) in [7, 11) is 0. The molecule has 0 unspecified atom stereocenters. The zero-order chi connectivity index (χ0) is 0. The van der Waals surface area contributed by atoms with Crippen LogP contribution >= 0.6 is 102 Å². The molecule has 8 heteroatoms. The maximum atomic E-state index is 0. The lowest BCUT2D eigenvalue weighted by Crippen LogP contribution is -0.290. The fourth-order valence-corrected chi connectivity index (χ4v) is 0. The van der Waals surface area contributed by atoms with Gasteiger partial charge >= 0.3 is 0 Å². The summed E-state index contributed by atoms with van der Waals surface area (Å²) in [5, 5.41) is 0. The van der Waals surface area contributed by atoms with Crippen molar-refractivity contribution in [3.05, 3.63) is 0 Å². The van der Waals surface area contributed by atoms with E-state index >= 15 is 0 Å². The molecule has 0 aromatic heterocycles. The van der Waals surface area contributed by atoms with Crippen LogP contribution < -0.4 is 0 Å². The zero-order valence-corrected chi connectivity index (χ0v) is 13.7. The van der Waals surface area contributed by atoms with Crippen molar-refractivity contribution < 1.29 is 11.0 Å². The van der Waals surface area contributed by atoms with Gasteiger partial charge < -0.3 is 11.0 Å². The molecule has 2 nitrogen and oxygen atoms in total. The van der Waals surface area contributed by atoms with Crippen molar-refractivity contribution in [1.29, 1.82) is 0 Å². The van der Waals surface area contributed by atoms with Gasteiger partial charge in [0.15, 0.2) is 0 Å². The Morgan fingerprint density at radius 2 is 0.250 bits per heavy atom. The Kier molecular flexibility index (Phi) is 1600. The van der Waals surface area contributed by atoms with E-state index in [4.69, 9.17) is 0 Å². The predicted molar refractivity (Wildman–Crippen MR) is 69.2 cm³/mol. The Balaban J connectivity index is 0. The molecule has 0 aromatic carbocycles. The van der Waals surface area contributed by atoms with Crippen molar-refractivity contribution in [2.45, 2.75) is 0 Å². The standard InChI is InChI=1S/6BrH.2H2O/h6*1H;2*1H2. The van der Waals surface area contributed by atoms with Gasteiger partial charge in [-0.05, 0) is 0 Å². The van der Waals surface area contributed by atoms with Crippen molar-refractivity contribution in [2.24, 2.45) is 0 Å². The van der Waals surface area contributed by atoms with Crippen LogP contribution in [-0.4, -0.2) is 11.0 Å². The molecule has 0 bridgehead atoms. The molecule has 0 spiro atoms. The molecule has 0 aliphatic rings. The van der Waals surface area contributed by atoms with E-state index in [2.05, 4.69) is 0 Å². The third-order valence-electron chi connectivity index (χ3n) is 0. The van der Waals surface area contributed by atoms with Crippen molar-refractivity contribution in [3.63, 3.8) is 0 Å². The van der Waals surface area contributed by atoms with Crippen LogP contribution in [0.4, 0.5) is 0 Å². The van der Waals surface area contributed by atoms with Crippen LogP contribution in [0.2, 0.25) is 0 Å². The quantitative estimate of drug-likeness (QED) is 0.467. The summed E-state index contributed by atoms with van der Waals surface area (Å²) < 4.78 is 0. The molecule has 0 saturated heterocycles. The Morgan fingerprint density at radius 3 is 0.250 bits per heavy atom. The van der Waals surface area contributed by atoms with E-state index in [9.17, 15) is 0 Å². The molecule has 0 rings (SSSR count). The van der Waals surface area contributed by atoms with E-state index < -0.39 is 0 Å². The molecule has 0 heterocycles. The van der Waals surface area contributed by atoms with Crippen molar-refractivity contribution in [2.75, 3.05) is 0 Å². The van der Waals surface area contributed by atoms with Crippen LogP contribution in [0.15, 0.2) is 0 Å². The second-order valence-corrected chi connectivity index (χ2v) is 0. The van der Waals surface area contributed by atoms with E-state index in [1.807, 2.05) is 0 Å². The average Bonchev–Trinajstić information content (AvgIpc) is 0. The Bertz CT molecular complexity index is 6.49. The molecular formula is H10Br6O2. The Labute approximate surface area is 111 Å². The van der Waals surface area contributed by atoms with Crippen LogP contribution in [-0.2, 0) is 0 Å². The lowest BCUT2D eigenvalue weighted by Gasteiger charge is -0.413. The predicted octanol–water partition coefficient (Wildman–Crippen LogP) is 1.82. The minimum Gasteiger partial charge on any atom is -0.412 e. The van der Waals surface area contributed by atoms with Gasteiger partial charge in [-0.3, -0.25) is 0 Å². The SMILES string of the molecule is Br.Br.Br.Br.Br.Br.O.O. The summed E-state index contributed by atoms with van der Waals surface area (Å²) in [6.45, 7) is 0. The minimum absolute atomic E-state index is 0. The second-order valence-electron chi connectivity index (χ2n) is 0. The fourth-order valence-electron chi connectivity index (χ4n) is 0. The van der Waals surface area contributed by atoms with E-state index in [1.165, 1.54) is 0 Å². The summed E-state index contributed by atoms with van der Waals surface area (Å²) in [5.41, 5.74) is 0. The maximum Gasteiger partial charge on any atom is -0.114 e. The molecule has 0 aromatic rings. The highest BCUT2D eigenvalue weighted by molar-refractivity contribution is 8.93. The summed E-state index contributed by atoms with van der Waals surface area (Å²) in [6.07, 6.45) is 0. The number of halogens is 6. The molecule has 4 N–H and O–H groups in total. The molecule has 0 radical (unpaired) electrons. The number of hydrogen-bond donors (Lipinski definition) is 0. The zero-order valence-electron chi connectivity index (χ0n) is 3.45. The Morgan fingerprint density at radius 1 is 0.250 bits per heavy atom. The van der Waals surface area contributed by atoms with E-state index in [0.29, 0.717) is 0 Å². The molecule has 64 valence electrons. The minimum atomic E-state index is 0. The topological polar surface area (TPSA) is 63.0 Å². The highest BCUT2D eigenvalue weighted by Crippen LogP contribution is 0.851. The Hall–Kier alpha value is 2.80. The van der Waals surface area contributed by atoms with Crippen LogP contribution in [0.25, 0.3) is 0 Å². The first-order chi connectivity index (χ1) is 0. The van der Waals surface area contributed by atoms with Gasteiger partial charge in [-0.2, -0.15) is 0 Å². The summed E-state index contributed by atoms with van der Waals surface area (Å²) in [4.78, 5) is 0. The van der Waals surface area contributed by atoms with Gasteiger partial charge in [0, 0.05) is 0 Å². The third kappa shape index (κ3) is 68.3. The molecule has 0 aliphatic carbocycles. The van der Waals surface area contributed by atoms with Crippen LogP contribution in [0.5, 0.6) is 0 Å². The van der Waals surface area contributed by atoms with E-state index in [0.717, 1.165) is 0 Å². The monoisotopic (exact) mass is 516 g/mol. The van der Waals surface area contributed by atoms with Crippen LogP contribution in [0.3, 0.4) is 0 Å². The molecule has 0 atom stereocenters. The van der Waals surface area contributed by atoms with Gasteiger partial charge in [-0.15, -0.1) is 102 Å². The highest BCUT2D eigenvalue weighted by Gasteiger charge is -0.109. The van der Waals surface area contributed by atoms with Gasteiger partial charge in [-0.1, -0.05) is 0 Å². The first kappa shape index (κ1) is 132. The van der Waals surface area contributed by atoms with Crippen molar-refractivity contribution in [1.82, 2.24) is 0 Å². The van der Waals surface area contributed by atoms with Crippen molar-refractivity contribution in [3.8, 4) is 0 Å². The van der Waals surface area contributed by atoms with Crippen LogP contribution in [0.1, 0.15) is 0 Å². The third-order valence-corrected chi connectivity index (χ3v) is 0. The average molecular weight is 522 g/mol. The lowest BCUT2D eigenvalue weighted by molar-refractivity contribution is 0.823. The number of rotatable bonds is 0. The molecule has 0 fully saturated rings. The summed E-state index contributed by atoms with van der Waals surface area (Å²) in [5.74, 6) is 0. The fraction of sp³-hybridized carbons (Fsp3) is 0. The normalized spacial score (nSPS) is 0. The second kappa shape index (κ2) is 96.8. The highest BCUT2D eigenvalue weighted by atomic mass is 79.9. The first-order valence-electron chi connectivity index (χ1n) is 0. The van der Waals surface area contributed by atoms with Gasteiger partial charge in [0.25, 0.3) is 0 Å². The molecule has 0 aliphatic heterocycles. The first-order valence-corrected chi connectivity index (χ1v) is 0. The number of hydrogen-bond acceptors (Lipinski definition) is 0. The molecular weight excluding hydrogens is 511 g/mol. The van der Waals surface area contributed by atoms with Crippen molar-refractivity contribution >= 4 is 102 Å². The summed E-state index contributed by atoms with van der Waals surface area (Å²) >= 11 is 0. The van der Waals surface area contributed by atoms with E-state index in [-0.39, 0.29) is 113 Å². The van der Waals surface area contributed by atoms with Gasteiger partial charge in [0.1, 0.15) is 0 Å². The van der Waals surface area contributed by atoms with Gasteiger partial charge in [-0.25, -0.2) is 0 Å². The van der Waals surface area contributed by atoms with E-state index in [1.54, 1.807) is 0 Å². The van der Waals surface area contributed by atoms with Gasteiger partial charge in [0.05, 0.1) is 0 Å². The van der Waals surface area contributed by atoms with Gasteiger partial charge in [0.2, 0.25) is 0 Å². The largest absolute Gasteiger partial charge is 0.412 e.